The number of aromatic nitrogens is 4. The van der Waals surface area contributed by atoms with Gasteiger partial charge in [0, 0.05) is 39.3 Å². The molecule has 0 N–H and O–H groups in total. The molecule has 236 valence electrons. The van der Waals surface area contributed by atoms with E-state index in [1.165, 1.54) is 16.7 Å². The van der Waals surface area contributed by atoms with E-state index in [0.29, 0.717) is 11.8 Å². The lowest BCUT2D eigenvalue weighted by molar-refractivity contribution is 0.584. The van der Waals surface area contributed by atoms with Crippen LogP contribution in [0.4, 0.5) is 17.1 Å². The van der Waals surface area contributed by atoms with Gasteiger partial charge >= 0.3 is 0 Å². The maximum absolute atomic E-state index is 6.02. The van der Waals surface area contributed by atoms with Crippen molar-refractivity contribution in [2.24, 2.45) is 0 Å². The Kier molecular flexibility index (Phi) is 7.74. The van der Waals surface area contributed by atoms with E-state index in [2.05, 4.69) is 109 Å². The van der Waals surface area contributed by atoms with Gasteiger partial charge in [0.25, 0.3) is 0 Å². The molecule has 49 heavy (non-hydrogen) atoms. The van der Waals surface area contributed by atoms with E-state index < -0.39 is 0 Å². The summed E-state index contributed by atoms with van der Waals surface area (Å²) in [5.74, 6) is 0.977. The highest BCUT2D eigenvalue weighted by atomic mass is 16.4. The third kappa shape index (κ3) is 5.85. The Hall–Kier alpha value is -6.40. The van der Waals surface area contributed by atoms with Crippen molar-refractivity contribution >= 4 is 28.1 Å². The average Bonchev–Trinajstić information content (AvgIpc) is 3.63. The smallest absolute Gasteiger partial charge is 0.248 e. The topological polar surface area (TPSA) is 67.9 Å². The lowest BCUT2D eigenvalue weighted by atomic mass is 9.94. The normalized spacial score (nSPS) is 11.2. The maximum atomic E-state index is 6.02. The van der Waals surface area contributed by atoms with Crippen LogP contribution in [-0.4, -0.2) is 20.2 Å². The maximum Gasteiger partial charge on any atom is 0.248 e. The van der Waals surface area contributed by atoms with E-state index in [-0.39, 0.29) is 0 Å². The van der Waals surface area contributed by atoms with Crippen molar-refractivity contribution < 1.29 is 4.42 Å². The van der Waals surface area contributed by atoms with Gasteiger partial charge in [-0.3, -0.25) is 0 Å². The lowest BCUT2D eigenvalue weighted by Crippen LogP contribution is -2.09. The number of para-hydroxylation sites is 3. The van der Waals surface area contributed by atoms with Crippen LogP contribution in [0.15, 0.2) is 150 Å². The molecule has 0 aliphatic rings. The van der Waals surface area contributed by atoms with Gasteiger partial charge in [-0.05, 0) is 105 Å². The van der Waals surface area contributed by atoms with Crippen LogP contribution in [0.25, 0.3) is 56.5 Å². The van der Waals surface area contributed by atoms with Gasteiger partial charge in [0.2, 0.25) is 11.8 Å². The Morgan fingerprint density at radius 1 is 0.449 bits per heavy atom. The van der Waals surface area contributed by atoms with Crippen LogP contribution in [0, 0.1) is 20.8 Å². The van der Waals surface area contributed by atoms with Crippen molar-refractivity contribution in [2.75, 3.05) is 4.90 Å². The molecule has 0 unspecified atom stereocenters. The van der Waals surface area contributed by atoms with Crippen LogP contribution < -0.4 is 4.90 Å². The van der Waals surface area contributed by atoms with E-state index in [9.17, 15) is 0 Å². The monoisotopic (exact) mass is 635 g/mol. The minimum Gasteiger partial charge on any atom is -0.416 e. The predicted molar refractivity (Wildman–Crippen MR) is 198 cm³/mol. The first kappa shape index (κ1) is 30.0. The molecule has 0 spiro atoms. The largest absolute Gasteiger partial charge is 0.416 e. The zero-order valence-electron chi connectivity index (χ0n) is 27.5. The summed E-state index contributed by atoms with van der Waals surface area (Å²) >= 11 is 0. The number of anilines is 3. The molecular formula is C43H33N5O. The summed E-state index contributed by atoms with van der Waals surface area (Å²) in [5.41, 5.74) is 14.1. The van der Waals surface area contributed by atoms with Crippen LogP contribution in [0.3, 0.4) is 0 Å². The summed E-state index contributed by atoms with van der Waals surface area (Å²) in [6.07, 6.45) is 0. The van der Waals surface area contributed by atoms with Crippen molar-refractivity contribution in [3.05, 3.63) is 162 Å². The molecule has 0 aliphatic carbocycles. The average molecular weight is 636 g/mol. The molecule has 2 aromatic heterocycles. The second kappa shape index (κ2) is 12.7. The Bertz CT molecular complexity index is 2380. The van der Waals surface area contributed by atoms with Crippen molar-refractivity contribution in [1.29, 1.82) is 0 Å². The van der Waals surface area contributed by atoms with Crippen LogP contribution in [-0.2, 0) is 0 Å². The van der Waals surface area contributed by atoms with Gasteiger partial charge in [-0.2, -0.15) is 0 Å². The van der Waals surface area contributed by atoms with Crippen molar-refractivity contribution in [3.63, 3.8) is 0 Å². The van der Waals surface area contributed by atoms with E-state index in [0.717, 1.165) is 61.7 Å². The van der Waals surface area contributed by atoms with Crippen molar-refractivity contribution in [3.8, 4) is 45.4 Å². The van der Waals surface area contributed by atoms with Gasteiger partial charge in [-0.15, -0.1) is 10.2 Å². The van der Waals surface area contributed by atoms with Crippen LogP contribution >= 0.6 is 0 Å². The molecule has 0 saturated heterocycles. The second-order valence-electron chi connectivity index (χ2n) is 12.2. The third-order valence-electron chi connectivity index (χ3n) is 8.72. The van der Waals surface area contributed by atoms with Gasteiger partial charge in [-0.25, -0.2) is 9.97 Å². The van der Waals surface area contributed by atoms with E-state index in [1.54, 1.807) is 0 Å². The zero-order chi connectivity index (χ0) is 33.3. The number of benzene rings is 6. The molecule has 0 saturated carbocycles. The summed E-state index contributed by atoms with van der Waals surface area (Å²) in [6.45, 7) is 6.44. The highest BCUT2D eigenvalue weighted by Gasteiger charge is 2.19. The molecule has 8 aromatic rings. The molecule has 0 atom stereocenters. The Morgan fingerprint density at radius 2 is 0.898 bits per heavy atom. The molecule has 0 aliphatic heterocycles. The first-order valence-corrected chi connectivity index (χ1v) is 16.3. The number of hydrogen-bond acceptors (Lipinski definition) is 6. The highest BCUT2D eigenvalue weighted by molar-refractivity contribution is 5.89. The minimum absolute atomic E-state index is 0.479. The van der Waals surface area contributed by atoms with Crippen molar-refractivity contribution in [1.82, 2.24) is 20.2 Å². The lowest BCUT2D eigenvalue weighted by Gasteiger charge is -2.26. The first-order valence-electron chi connectivity index (χ1n) is 16.3. The molecule has 8 rings (SSSR count). The molecule has 2 heterocycles. The van der Waals surface area contributed by atoms with Crippen LogP contribution in [0.5, 0.6) is 0 Å². The Balaban J connectivity index is 1.18. The zero-order valence-corrected chi connectivity index (χ0v) is 27.5. The summed E-state index contributed by atoms with van der Waals surface area (Å²) in [7, 11) is 0. The van der Waals surface area contributed by atoms with Gasteiger partial charge in [-0.1, -0.05) is 78.4 Å². The minimum atomic E-state index is 0.479. The fourth-order valence-corrected chi connectivity index (χ4v) is 6.51. The Morgan fingerprint density at radius 3 is 1.47 bits per heavy atom. The fourth-order valence-electron chi connectivity index (χ4n) is 6.51. The highest BCUT2D eigenvalue weighted by Crippen LogP contribution is 2.39. The van der Waals surface area contributed by atoms with Gasteiger partial charge in [0.05, 0.1) is 22.4 Å². The number of hydrogen-bond donors (Lipinski definition) is 0. The SMILES string of the molecule is Cc1cc(C)c(-c2nc3ccccc3nc2-c2ccc(N(c3ccccc3)c3ccc(-c4nnc(-c5ccccc5)o4)cc3)cc2)c(C)c1. The third-order valence-corrected chi connectivity index (χ3v) is 8.72. The van der Waals surface area contributed by atoms with Crippen molar-refractivity contribution in [2.45, 2.75) is 20.8 Å². The first-order chi connectivity index (χ1) is 24.0. The second-order valence-corrected chi connectivity index (χ2v) is 12.2. The number of rotatable bonds is 7. The fraction of sp³-hybridized carbons (Fsp3) is 0.0698. The number of nitrogens with zero attached hydrogens (tertiary/aromatic N) is 5. The summed E-state index contributed by atoms with van der Waals surface area (Å²) in [5, 5.41) is 8.58. The van der Waals surface area contributed by atoms with Crippen LogP contribution in [0.1, 0.15) is 16.7 Å². The molecule has 6 heteroatoms. The van der Waals surface area contributed by atoms with Gasteiger partial charge in [0.15, 0.2) is 0 Å². The Labute approximate surface area is 285 Å². The number of fused-ring (bicyclic) bond motifs is 1. The standard InChI is InChI=1S/C43H33N5O/c1-28-26-29(2)39(30(3)27-28)41-40(44-37-16-10-11-17-38(37)45-41)31-18-22-35(23-19-31)48(34-14-8-5-9-15-34)36-24-20-33(21-25-36)43-47-46-42(49-43)32-12-6-4-7-13-32/h4-27H,1-3H3. The summed E-state index contributed by atoms with van der Waals surface area (Å²) in [4.78, 5) is 12.6. The molecule has 6 aromatic carbocycles. The van der Waals surface area contributed by atoms with E-state index in [4.69, 9.17) is 14.4 Å². The molecule has 0 fully saturated rings. The summed E-state index contributed by atoms with van der Waals surface area (Å²) < 4.78 is 6.02. The molecule has 0 amide bonds. The van der Waals surface area contributed by atoms with Crippen LogP contribution in [0.2, 0.25) is 0 Å². The summed E-state index contributed by atoms with van der Waals surface area (Å²) in [6, 6.07) is 49.5. The van der Waals surface area contributed by atoms with Gasteiger partial charge < -0.3 is 9.32 Å². The quantitative estimate of drug-likeness (QED) is 0.174. The number of aryl methyl sites for hydroxylation is 3. The molecule has 6 nitrogen and oxygen atoms in total. The molecule has 0 bridgehead atoms. The van der Waals surface area contributed by atoms with Gasteiger partial charge in [0.1, 0.15) is 0 Å². The van der Waals surface area contributed by atoms with E-state index >= 15 is 0 Å². The predicted octanol–water partition coefficient (Wildman–Crippen LogP) is 11.1. The van der Waals surface area contributed by atoms with E-state index in [1.807, 2.05) is 72.8 Å². The molecule has 0 radical (unpaired) electrons. The molecular weight excluding hydrogens is 603 g/mol.